The molecule has 1 aromatic rings. The van der Waals surface area contributed by atoms with Crippen molar-refractivity contribution in [3.05, 3.63) is 35.1 Å². The van der Waals surface area contributed by atoms with Crippen molar-refractivity contribution in [3.63, 3.8) is 0 Å². The third-order valence-corrected chi connectivity index (χ3v) is 4.96. The number of carbonyl (C=O) groups is 2. The molecule has 112 valence electrons. The van der Waals surface area contributed by atoms with Gasteiger partial charge in [0.05, 0.1) is 6.04 Å². The summed E-state index contributed by atoms with van der Waals surface area (Å²) in [6, 6.07) is 4.18. The highest BCUT2D eigenvalue weighted by Gasteiger charge is 2.42. The Hall–Kier alpha value is -1.40. The molecule has 1 N–H and O–H groups in total. The summed E-state index contributed by atoms with van der Waals surface area (Å²) >= 11 is 1.28. The summed E-state index contributed by atoms with van der Waals surface area (Å²) in [7, 11) is 0. The van der Waals surface area contributed by atoms with Gasteiger partial charge in [0, 0.05) is 18.8 Å². The lowest BCUT2D eigenvalue weighted by molar-refractivity contribution is -0.124. The van der Waals surface area contributed by atoms with Gasteiger partial charge in [0.2, 0.25) is 11.0 Å². The molecule has 0 aromatic heterocycles. The SMILES string of the molecule is Cc1ccc(F)cc1CN1CC1C(=O)NC1CCSC1=O. The van der Waals surface area contributed by atoms with Crippen LogP contribution < -0.4 is 5.32 Å². The molecule has 0 bridgehead atoms. The van der Waals surface area contributed by atoms with Crippen molar-refractivity contribution < 1.29 is 14.0 Å². The van der Waals surface area contributed by atoms with E-state index in [1.807, 2.05) is 11.8 Å². The zero-order valence-corrected chi connectivity index (χ0v) is 12.6. The number of aryl methyl sites for hydroxylation is 1. The molecule has 2 fully saturated rings. The van der Waals surface area contributed by atoms with E-state index in [0.717, 1.165) is 16.9 Å². The Kier molecular flexibility index (Phi) is 3.99. The minimum Gasteiger partial charge on any atom is -0.344 e. The van der Waals surface area contributed by atoms with Gasteiger partial charge in [-0.3, -0.25) is 14.5 Å². The molecule has 4 nitrogen and oxygen atoms in total. The summed E-state index contributed by atoms with van der Waals surface area (Å²) in [6.07, 6.45) is 0.713. The lowest BCUT2D eigenvalue weighted by Crippen LogP contribution is -2.40. The Labute approximate surface area is 127 Å². The molecular formula is C15H17FN2O2S. The predicted molar refractivity (Wildman–Crippen MR) is 79.3 cm³/mol. The quantitative estimate of drug-likeness (QED) is 0.856. The molecule has 1 aromatic carbocycles. The van der Waals surface area contributed by atoms with E-state index in [9.17, 15) is 14.0 Å². The monoisotopic (exact) mass is 308 g/mol. The summed E-state index contributed by atoms with van der Waals surface area (Å²) in [4.78, 5) is 25.5. The number of carbonyl (C=O) groups excluding carboxylic acids is 2. The summed E-state index contributed by atoms with van der Waals surface area (Å²) in [5, 5.41) is 2.86. The second kappa shape index (κ2) is 5.77. The van der Waals surface area contributed by atoms with E-state index in [0.29, 0.717) is 19.5 Å². The summed E-state index contributed by atoms with van der Waals surface area (Å²) in [5.74, 6) is 0.428. The van der Waals surface area contributed by atoms with Gasteiger partial charge in [-0.25, -0.2) is 4.39 Å². The van der Waals surface area contributed by atoms with Crippen LogP contribution in [0.5, 0.6) is 0 Å². The van der Waals surface area contributed by atoms with E-state index in [1.165, 1.54) is 23.9 Å². The molecule has 2 aliphatic rings. The van der Waals surface area contributed by atoms with Gasteiger partial charge in [0.1, 0.15) is 11.9 Å². The average molecular weight is 308 g/mol. The van der Waals surface area contributed by atoms with Crippen LogP contribution in [0.4, 0.5) is 4.39 Å². The third-order valence-electron chi connectivity index (χ3n) is 3.95. The van der Waals surface area contributed by atoms with Gasteiger partial charge in [-0.1, -0.05) is 17.8 Å². The average Bonchev–Trinajstić information content (AvgIpc) is 3.10. The number of hydrogen-bond acceptors (Lipinski definition) is 4. The van der Waals surface area contributed by atoms with Crippen LogP contribution in [0, 0.1) is 12.7 Å². The minimum absolute atomic E-state index is 0.0523. The number of nitrogens with zero attached hydrogens (tertiary/aromatic N) is 1. The molecule has 3 unspecified atom stereocenters. The molecule has 21 heavy (non-hydrogen) atoms. The van der Waals surface area contributed by atoms with Crippen LogP contribution >= 0.6 is 11.8 Å². The Balaban J connectivity index is 1.55. The summed E-state index contributed by atoms with van der Waals surface area (Å²) < 4.78 is 13.2. The van der Waals surface area contributed by atoms with E-state index in [2.05, 4.69) is 5.32 Å². The smallest absolute Gasteiger partial charge is 0.239 e. The molecule has 0 spiro atoms. The van der Waals surface area contributed by atoms with E-state index in [4.69, 9.17) is 0 Å². The standard InChI is InChI=1S/C15H17FN2O2S/c1-9-2-3-11(16)6-10(9)7-18-8-13(18)14(19)17-12-4-5-21-15(12)20/h2-3,6,12-13H,4-5,7-8H2,1H3,(H,17,19). The Bertz CT molecular complexity index is 593. The Morgan fingerprint density at radius 2 is 2.33 bits per heavy atom. The number of benzene rings is 1. The molecule has 2 aliphatic heterocycles. The second-order valence-corrected chi connectivity index (χ2v) is 6.63. The number of thioether (sulfide) groups is 1. The molecule has 1 amide bonds. The van der Waals surface area contributed by atoms with Crippen molar-refractivity contribution in [3.8, 4) is 0 Å². The first-order valence-corrected chi connectivity index (χ1v) is 7.99. The lowest BCUT2D eigenvalue weighted by atomic mass is 10.1. The minimum atomic E-state index is -0.333. The van der Waals surface area contributed by atoms with Crippen molar-refractivity contribution in [1.82, 2.24) is 10.2 Å². The van der Waals surface area contributed by atoms with Gasteiger partial charge in [0.15, 0.2) is 0 Å². The van der Waals surface area contributed by atoms with E-state index in [-0.39, 0.29) is 28.9 Å². The fraction of sp³-hybridized carbons (Fsp3) is 0.467. The molecular weight excluding hydrogens is 291 g/mol. The van der Waals surface area contributed by atoms with Crippen LogP contribution in [-0.4, -0.2) is 40.3 Å². The maximum absolute atomic E-state index is 13.2. The normalized spacial score (nSPS) is 27.7. The highest BCUT2D eigenvalue weighted by Crippen LogP contribution is 2.25. The van der Waals surface area contributed by atoms with Gasteiger partial charge in [-0.05, 0) is 36.6 Å². The topological polar surface area (TPSA) is 49.2 Å². The first kappa shape index (κ1) is 14.5. The summed E-state index contributed by atoms with van der Waals surface area (Å²) in [5.41, 5.74) is 1.92. The van der Waals surface area contributed by atoms with Crippen LogP contribution in [0.3, 0.4) is 0 Å². The van der Waals surface area contributed by atoms with Crippen molar-refractivity contribution in [2.45, 2.75) is 32.0 Å². The zero-order chi connectivity index (χ0) is 15.0. The van der Waals surface area contributed by atoms with Crippen LogP contribution in [0.1, 0.15) is 17.5 Å². The molecule has 0 saturated carbocycles. The summed E-state index contributed by atoms with van der Waals surface area (Å²) in [6.45, 7) is 3.16. The van der Waals surface area contributed by atoms with Gasteiger partial charge < -0.3 is 5.32 Å². The van der Waals surface area contributed by atoms with Crippen molar-refractivity contribution in [2.24, 2.45) is 0 Å². The first-order valence-electron chi connectivity index (χ1n) is 7.00. The van der Waals surface area contributed by atoms with E-state index in [1.54, 1.807) is 6.07 Å². The predicted octanol–water partition coefficient (Wildman–Crippen LogP) is 1.47. The fourth-order valence-corrected chi connectivity index (χ4v) is 3.46. The molecule has 2 saturated heterocycles. The zero-order valence-electron chi connectivity index (χ0n) is 11.8. The number of amides is 1. The maximum Gasteiger partial charge on any atom is 0.239 e. The fourth-order valence-electron chi connectivity index (χ4n) is 2.52. The molecule has 0 radical (unpaired) electrons. The van der Waals surface area contributed by atoms with Crippen molar-refractivity contribution in [2.75, 3.05) is 12.3 Å². The highest BCUT2D eigenvalue weighted by molar-refractivity contribution is 8.14. The molecule has 0 aliphatic carbocycles. The van der Waals surface area contributed by atoms with Gasteiger partial charge in [-0.15, -0.1) is 0 Å². The molecule has 3 atom stereocenters. The second-order valence-electron chi connectivity index (χ2n) is 5.53. The van der Waals surface area contributed by atoms with Crippen LogP contribution in [-0.2, 0) is 16.1 Å². The third kappa shape index (κ3) is 3.27. The number of halogens is 1. The van der Waals surface area contributed by atoms with Crippen LogP contribution in [0.2, 0.25) is 0 Å². The van der Waals surface area contributed by atoms with Gasteiger partial charge >= 0.3 is 0 Å². The van der Waals surface area contributed by atoms with Crippen LogP contribution in [0.15, 0.2) is 18.2 Å². The highest BCUT2D eigenvalue weighted by atomic mass is 32.2. The Morgan fingerprint density at radius 1 is 1.52 bits per heavy atom. The number of rotatable bonds is 4. The molecule has 6 heteroatoms. The lowest BCUT2D eigenvalue weighted by Gasteiger charge is -2.11. The Morgan fingerprint density at radius 3 is 3.05 bits per heavy atom. The number of hydrogen-bond donors (Lipinski definition) is 1. The largest absolute Gasteiger partial charge is 0.344 e. The maximum atomic E-state index is 13.2. The van der Waals surface area contributed by atoms with Crippen LogP contribution in [0.25, 0.3) is 0 Å². The van der Waals surface area contributed by atoms with E-state index < -0.39 is 0 Å². The van der Waals surface area contributed by atoms with Crippen molar-refractivity contribution in [1.29, 1.82) is 0 Å². The number of nitrogens with one attached hydrogen (secondary N) is 1. The molecule has 3 rings (SSSR count). The van der Waals surface area contributed by atoms with Gasteiger partial charge in [-0.2, -0.15) is 0 Å². The first-order chi connectivity index (χ1) is 10.0. The van der Waals surface area contributed by atoms with Gasteiger partial charge in [0.25, 0.3) is 0 Å². The molecule has 2 heterocycles. The van der Waals surface area contributed by atoms with E-state index >= 15 is 0 Å². The van der Waals surface area contributed by atoms with Crippen molar-refractivity contribution >= 4 is 22.8 Å².